The van der Waals surface area contributed by atoms with Gasteiger partial charge in [-0.25, -0.2) is 0 Å². The minimum absolute atomic E-state index is 0.141. The SMILES string of the molecule is CCC1SC(=O)NC1=O.CCOC.c1ccc2ncccc2c1. The number of ether oxygens (including phenoxy) is 1. The van der Waals surface area contributed by atoms with Gasteiger partial charge in [0.1, 0.15) is 0 Å². The summed E-state index contributed by atoms with van der Waals surface area (Å²) in [4.78, 5) is 25.3. The van der Waals surface area contributed by atoms with Crippen molar-refractivity contribution in [1.82, 2.24) is 10.3 Å². The maximum absolute atomic E-state index is 10.7. The predicted molar refractivity (Wildman–Crippen MR) is 94.5 cm³/mol. The minimum Gasteiger partial charge on any atom is -0.385 e. The number of carbonyl (C=O) groups excluding carboxylic acids is 2. The third-order valence-electron chi connectivity index (χ3n) is 2.94. The molecule has 2 aromatic rings. The van der Waals surface area contributed by atoms with E-state index in [1.807, 2.05) is 44.3 Å². The van der Waals surface area contributed by atoms with Crippen LogP contribution < -0.4 is 5.32 Å². The van der Waals surface area contributed by atoms with E-state index in [1.54, 1.807) is 7.11 Å². The van der Waals surface area contributed by atoms with Gasteiger partial charge in [0.05, 0.1) is 10.8 Å². The molecule has 1 atom stereocenters. The van der Waals surface area contributed by atoms with Crippen LogP contribution in [0.25, 0.3) is 10.9 Å². The molecule has 1 aliphatic heterocycles. The Kier molecular flexibility index (Phi) is 8.94. The van der Waals surface area contributed by atoms with Crippen LogP contribution in [0.1, 0.15) is 20.3 Å². The normalized spacial score (nSPS) is 16.0. The Hall–Kier alpha value is -1.92. The van der Waals surface area contributed by atoms with Crippen LogP contribution in [0.4, 0.5) is 4.79 Å². The number of nitrogens with one attached hydrogen (secondary N) is 1. The van der Waals surface area contributed by atoms with Crippen LogP contribution >= 0.6 is 11.8 Å². The van der Waals surface area contributed by atoms with Gasteiger partial charge in [-0.3, -0.25) is 19.9 Å². The zero-order chi connectivity index (χ0) is 17.1. The molecule has 1 aromatic heterocycles. The average molecular weight is 334 g/mol. The van der Waals surface area contributed by atoms with Gasteiger partial charge in [-0.15, -0.1) is 0 Å². The Morgan fingerprint density at radius 1 is 1.17 bits per heavy atom. The molecule has 124 valence electrons. The summed E-state index contributed by atoms with van der Waals surface area (Å²) in [6.07, 6.45) is 2.53. The molecule has 0 radical (unpaired) electrons. The van der Waals surface area contributed by atoms with E-state index in [9.17, 15) is 9.59 Å². The molecule has 2 heterocycles. The molecule has 1 saturated heterocycles. The number of pyridine rings is 1. The van der Waals surface area contributed by atoms with Crippen LogP contribution in [0, 0.1) is 0 Å². The Morgan fingerprint density at radius 3 is 2.30 bits per heavy atom. The first kappa shape index (κ1) is 19.1. The van der Waals surface area contributed by atoms with Gasteiger partial charge in [0.25, 0.3) is 5.24 Å². The summed E-state index contributed by atoms with van der Waals surface area (Å²) in [5.74, 6) is -0.146. The van der Waals surface area contributed by atoms with Gasteiger partial charge in [0.15, 0.2) is 0 Å². The molecule has 1 fully saturated rings. The first-order valence-corrected chi connectivity index (χ1v) is 8.30. The topological polar surface area (TPSA) is 68.3 Å². The second kappa shape index (κ2) is 10.7. The fourth-order valence-corrected chi connectivity index (χ4v) is 2.43. The van der Waals surface area contributed by atoms with E-state index >= 15 is 0 Å². The number of fused-ring (bicyclic) bond motifs is 1. The Morgan fingerprint density at radius 2 is 1.83 bits per heavy atom. The summed E-state index contributed by atoms with van der Waals surface area (Å²) in [5.41, 5.74) is 1.06. The molecule has 3 rings (SSSR count). The second-order valence-electron chi connectivity index (χ2n) is 4.56. The molecule has 2 amide bonds. The third kappa shape index (κ3) is 6.80. The lowest BCUT2D eigenvalue weighted by Crippen LogP contribution is -2.23. The number of methoxy groups -OCH3 is 1. The number of aromatic nitrogens is 1. The fourth-order valence-electron chi connectivity index (χ4n) is 1.68. The first-order valence-electron chi connectivity index (χ1n) is 7.42. The maximum atomic E-state index is 10.7. The predicted octanol–water partition coefficient (Wildman–Crippen LogP) is 3.64. The molecule has 5 nitrogen and oxygen atoms in total. The molecule has 1 N–H and O–H groups in total. The van der Waals surface area contributed by atoms with Crippen molar-refractivity contribution in [1.29, 1.82) is 0 Å². The minimum atomic E-state index is -0.216. The summed E-state index contributed by atoms with van der Waals surface area (Å²) in [7, 11) is 1.68. The van der Waals surface area contributed by atoms with Crippen molar-refractivity contribution in [3.8, 4) is 0 Å². The Balaban J connectivity index is 0.000000189. The molecule has 1 aliphatic rings. The van der Waals surface area contributed by atoms with Crippen LogP contribution in [-0.4, -0.2) is 35.1 Å². The lowest BCUT2D eigenvalue weighted by molar-refractivity contribution is -0.119. The van der Waals surface area contributed by atoms with Crippen LogP contribution in [0.15, 0.2) is 42.6 Å². The molecule has 1 unspecified atom stereocenters. The van der Waals surface area contributed by atoms with Gasteiger partial charge >= 0.3 is 0 Å². The standard InChI is InChI=1S/C9H7N.C5H7NO2S.C3H8O/c1-2-6-9-8(4-1)5-3-7-10-9;1-2-3-4(7)6-5(8)9-3;1-3-4-2/h1-7H;3H,2H2,1H3,(H,6,7,8);3H2,1-2H3. The zero-order valence-corrected chi connectivity index (χ0v) is 14.4. The van der Waals surface area contributed by atoms with Gasteiger partial charge in [-0.2, -0.15) is 0 Å². The van der Waals surface area contributed by atoms with Crippen molar-refractivity contribution in [2.75, 3.05) is 13.7 Å². The number of para-hydroxylation sites is 1. The summed E-state index contributed by atoms with van der Waals surface area (Å²) in [5, 5.41) is 3.04. The van der Waals surface area contributed by atoms with Crippen molar-refractivity contribution in [3.63, 3.8) is 0 Å². The van der Waals surface area contributed by atoms with Crippen molar-refractivity contribution < 1.29 is 14.3 Å². The fraction of sp³-hybridized carbons (Fsp3) is 0.353. The largest absolute Gasteiger partial charge is 0.385 e. The first-order chi connectivity index (χ1) is 11.1. The third-order valence-corrected chi connectivity index (χ3v) is 4.09. The quantitative estimate of drug-likeness (QED) is 0.908. The van der Waals surface area contributed by atoms with E-state index in [1.165, 1.54) is 5.39 Å². The smallest absolute Gasteiger partial charge is 0.286 e. The van der Waals surface area contributed by atoms with Crippen LogP contribution in [0.3, 0.4) is 0 Å². The molecular formula is C17H22N2O3S. The van der Waals surface area contributed by atoms with Gasteiger partial charge in [0.2, 0.25) is 5.91 Å². The number of hydrogen-bond acceptors (Lipinski definition) is 5. The zero-order valence-electron chi connectivity index (χ0n) is 13.6. The number of amides is 2. The summed E-state index contributed by atoms with van der Waals surface area (Å²) in [6.45, 7) is 4.66. The number of thioether (sulfide) groups is 1. The monoisotopic (exact) mass is 334 g/mol. The molecule has 0 spiro atoms. The number of benzene rings is 1. The van der Waals surface area contributed by atoms with E-state index in [-0.39, 0.29) is 16.4 Å². The Labute approximate surface area is 140 Å². The van der Waals surface area contributed by atoms with Crippen molar-refractivity contribution in [3.05, 3.63) is 42.6 Å². The van der Waals surface area contributed by atoms with Crippen LogP contribution in [0.5, 0.6) is 0 Å². The van der Waals surface area contributed by atoms with Gasteiger partial charge in [0, 0.05) is 25.3 Å². The molecule has 23 heavy (non-hydrogen) atoms. The van der Waals surface area contributed by atoms with Gasteiger partial charge < -0.3 is 4.74 Å². The molecule has 6 heteroatoms. The molecular weight excluding hydrogens is 312 g/mol. The summed E-state index contributed by atoms with van der Waals surface area (Å²) in [6, 6.07) is 12.1. The lowest BCUT2D eigenvalue weighted by atomic mass is 10.2. The van der Waals surface area contributed by atoms with Crippen molar-refractivity contribution in [2.24, 2.45) is 0 Å². The highest BCUT2D eigenvalue weighted by Gasteiger charge is 2.29. The summed E-state index contributed by atoms with van der Waals surface area (Å²) < 4.78 is 4.54. The molecule has 0 bridgehead atoms. The van der Waals surface area contributed by atoms with E-state index in [4.69, 9.17) is 0 Å². The van der Waals surface area contributed by atoms with Crippen molar-refractivity contribution >= 4 is 33.8 Å². The number of carbonyl (C=O) groups is 2. The summed E-state index contributed by atoms with van der Waals surface area (Å²) >= 11 is 1.07. The second-order valence-corrected chi connectivity index (χ2v) is 5.74. The van der Waals surface area contributed by atoms with E-state index in [0.29, 0.717) is 0 Å². The van der Waals surface area contributed by atoms with Crippen molar-refractivity contribution in [2.45, 2.75) is 25.5 Å². The highest BCUT2D eigenvalue weighted by molar-refractivity contribution is 8.15. The molecule has 0 aliphatic carbocycles. The Bertz CT molecular complexity index is 567. The molecule has 1 aromatic carbocycles. The van der Waals surface area contributed by atoms with E-state index < -0.39 is 0 Å². The highest BCUT2D eigenvalue weighted by Crippen LogP contribution is 2.20. The van der Waals surface area contributed by atoms with E-state index in [0.717, 1.165) is 30.3 Å². The molecule has 0 saturated carbocycles. The lowest BCUT2D eigenvalue weighted by Gasteiger charge is -1.94. The van der Waals surface area contributed by atoms with E-state index in [2.05, 4.69) is 27.2 Å². The number of nitrogens with zero attached hydrogens (tertiary/aromatic N) is 1. The van der Waals surface area contributed by atoms with Crippen LogP contribution in [-0.2, 0) is 9.53 Å². The maximum Gasteiger partial charge on any atom is 0.286 e. The average Bonchev–Trinajstić information content (AvgIpc) is 2.93. The number of rotatable bonds is 2. The number of imide groups is 1. The van der Waals surface area contributed by atoms with Gasteiger partial charge in [-0.05, 0) is 25.5 Å². The van der Waals surface area contributed by atoms with Gasteiger partial charge in [-0.1, -0.05) is 43.0 Å². The number of hydrogen-bond donors (Lipinski definition) is 1. The highest BCUT2D eigenvalue weighted by atomic mass is 32.2. The van der Waals surface area contributed by atoms with Crippen LogP contribution in [0.2, 0.25) is 0 Å².